The van der Waals surface area contributed by atoms with Crippen LogP contribution in [0.4, 0.5) is 15.3 Å². The van der Waals surface area contributed by atoms with Crippen LogP contribution in [0.25, 0.3) is 10.4 Å². The van der Waals surface area contributed by atoms with Gasteiger partial charge in [-0.15, -0.1) is 11.3 Å². The van der Waals surface area contributed by atoms with Crippen LogP contribution in [0.5, 0.6) is 0 Å². The third-order valence-electron chi connectivity index (χ3n) is 7.98. The number of hydrogen-bond donors (Lipinski definition) is 1. The quantitative estimate of drug-likeness (QED) is 0.255. The Morgan fingerprint density at radius 1 is 0.909 bits per heavy atom. The molecule has 4 rings (SSSR count). The van der Waals surface area contributed by atoms with Crippen molar-refractivity contribution in [3.63, 3.8) is 0 Å². The summed E-state index contributed by atoms with van der Waals surface area (Å²) in [5, 5.41) is 4.86. The number of ketones is 1. The zero-order valence-corrected chi connectivity index (χ0v) is 27.9. The molecule has 0 saturated carbocycles. The van der Waals surface area contributed by atoms with Crippen LogP contribution < -0.4 is 5.32 Å². The van der Waals surface area contributed by atoms with Crippen molar-refractivity contribution in [3.8, 4) is 10.4 Å². The molecule has 3 aromatic rings. The van der Waals surface area contributed by atoms with Gasteiger partial charge in [0.1, 0.15) is 11.2 Å². The van der Waals surface area contributed by atoms with Crippen LogP contribution in [-0.4, -0.2) is 47.2 Å². The first kappa shape index (κ1) is 33.2. The predicted molar refractivity (Wildman–Crippen MR) is 178 cm³/mol. The number of amides is 2. The summed E-state index contributed by atoms with van der Waals surface area (Å²) in [4.78, 5) is 41.5. The van der Waals surface area contributed by atoms with Gasteiger partial charge in [0.25, 0.3) is 0 Å². The fraction of sp³-hybridized carbons (Fsp3) is 0.472. The number of benzene rings is 2. The zero-order valence-electron chi connectivity index (χ0n) is 27.1. The van der Waals surface area contributed by atoms with Crippen LogP contribution in [0.3, 0.4) is 0 Å². The molecule has 0 spiro atoms. The molecule has 44 heavy (non-hydrogen) atoms. The summed E-state index contributed by atoms with van der Waals surface area (Å²) < 4.78 is 11.0. The SMILES string of the molecule is CCC1(Cc2ccc(C(=O)Cc3cc(-c4cccs4)ccc3NC(=O)OC(C)(C)C)cc2)CCN(C(=O)OC(C)(C)C)CC1. The monoisotopic (exact) mass is 618 g/mol. The van der Waals surface area contributed by atoms with E-state index in [1.54, 1.807) is 11.3 Å². The minimum Gasteiger partial charge on any atom is -0.444 e. The Labute approximate surface area is 266 Å². The lowest BCUT2D eigenvalue weighted by atomic mass is 9.72. The lowest BCUT2D eigenvalue weighted by Gasteiger charge is -2.42. The van der Waals surface area contributed by atoms with Gasteiger partial charge in [-0.3, -0.25) is 10.1 Å². The maximum Gasteiger partial charge on any atom is 0.412 e. The predicted octanol–water partition coefficient (Wildman–Crippen LogP) is 9.16. The number of likely N-dealkylation sites (tertiary alicyclic amines) is 1. The fourth-order valence-electron chi connectivity index (χ4n) is 5.53. The molecule has 2 amide bonds. The molecule has 236 valence electrons. The normalized spacial score (nSPS) is 15.0. The van der Waals surface area contributed by atoms with Crippen LogP contribution >= 0.6 is 11.3 Å². The smallest absolute Gasteiger partial charge is 0.412 e. The van der Waals surface area contributed by atoms with E-state index in [2.05, 4.69) is 12.2 Å². The van der Waals surface area contributed by atoms with Gasteiger partial charge in [0, 0.05) is 35.6 Å². The number of ether oxygens (including phenoxy) is 2. The Bertz CT molecular complexity index is 1440. The van der Waals surface area contributed by atoms with Crippen LogP contribution in [0.15, 0.2) is 60.0 Å². The highest BCUT2D eigenvalue weighted by molar-refractivity contribution is 7.13. The van der Waals surface area contributed by atoms with Crippen LogP contribution in [0.2, 0.25) is 0 Å². The number of hydrogen-bond acceptors (Lipinski definition) is 6. The number of thiophene rings is 1. The van der Waals surface area contributed by atoms with Crippen molar-refractivity contribution in [1.29, 1.82) is 0 Å². The van der Waals surface area contributed by atoms with Gasteiger partial charge in [0.05, 0.1) is 0 Å². The molecule has 1 fully saturated rings. The van der Waals surface area contributed by atoms with E-state index in [1.165, 1.54) is 5.56 Å². The molecule has 1 saturated heterocycles. The summed E-state index contributed by atoms with van der Waals surface area (Å²) in [7, 11) is 0. The van der Waals surface area contributed by atoms with E-state index in [4.69, 9.17) is 9.47 Å². The molecule has 0 radical (unpaired) electrons. The molecule has 1 N–H and O–H groups in total. The molecular formula is C36H46N2O5S. The molecule has 1 aromatic heterocycles. The Kier molecular flexibility index (Phi) is 10.2. The number of carbonyl (C=O) groups excluding carboxylic acids is 3. The second-order valence-corrected chi connectivity index (χ2v) is 14.7. The maximum atomic E-state index is 13.5. The minimum absolute atomic E-state index is 0.0250. The molecule has 1 aliphatic heterocycles. The highest BCUT2D eigenvalue weighted by Crippen LogP contribution is 2.39. The van der Waals surface area contributed by atoms with Crippen LogP contribution in [0, 0.1) is 5.41 Å². The molecule has 8 heteroatoms. The summed E-state index contributed by atoms with van der Waals surface area (Å²) in [5.41, 5.74) is 3.07. The largest absolute Gasteiger partial charge is 0.444 e. The van der Waals surface area contributed by atoms with Gasteiger partial charge >= 0.3 is 12.2 Å². The Balaban J connectivity index is 1.44. The van der Waals surface area contributed by atoms with E-state index in [9.17, 15) is 14.4 Å². The molecule has 0 atom stereocenters. The number of rotatable bonds is 8. The Hall–Kier alpha value is -3.65. The Morgan fingerprint density at radius 2 is 1.57 bits per heavy atom. The molecule has 2 aromatic carbocycles. The van der Waals surface area contributed by atoms with Crippen molar-refractivity contribution in [1.82, 2.24) is 4.90 Å². The van der Waals surface area contributed by atoms with Crippen molar-refractivity contribution < 1.29 is 23.9 Å². The van der Waals surface area contributed by atoms with E-state index in [0.717, 1.165) is 41.7 Å². The standard InChI is InChI=1S/C36H46N2O5S/c1-8-36(17-19-38(20-18-36)33(41)43-35(5,6)7)24-25-11-13-26(14-12-25)30(39)23-28-22-27(31-10-9-21-44-31)15-16-29(28)37-32(40)42-34(2,3)4/h9-16,21-22H,8,17-20,23-24H2,1-7H3,(H,37,40). The lowest BCUT2D eigenvalue weighted by Crippen LogP contribution is -2.45. The van der Waals surface area contributed by atoms with Crippen molar-refractivity contribution in [2.24, 2.45) is 5.41 Å². The van der Waals surface area contributed by atoms with E-state index < -0.39 is 17.3 Å². The van der Waals surface area contributed by atoms with E-state index in [0.29, 0.717) is 24.3 Å². The summed E-state index contributed by atoms with van der Waals surface area (Å²) in [6.45, 7) is 14.7. The average Bonchev–Trinajstić information content (AvgIpc) is 3.48. The molecule has 0 bridgehead atoms. The second-order valence-electron chi connectivity index (χ2n) is 13.8. The van der Waals surface area contributed by atoms with Gasteiger partial charge in [-0.1, -0.05) is 49.7 Å². The lowest BCUT2D eigenvalue weighted by molar-refractivity contribution is 0.00941. The van der Waals surface area contributed by atoms with Gasteiger partial charge in [-0.25, -0.2) is 9.59 Å². The van der Waals surface area contributed by atoms with Gasteiger partial charge in [-0.2, -0.15) is 0 Å². The Morgan fingerprint density at radius 3 is 2.14 bits per heavy atom. The summed E-state index contributed by atoms with van der Waals surface area (Å²) in [6.07, 6.45) is 3.09. The summed E-state index contributed by atoms with van der Waals surface area (Å²) >= 11 is 1.63. The first-order valence-electron chi connectivity index (χ1n) is 15.4. The van der Waals surface area contributed by atoms with Gasteiger partial charge < -0.3 is 14.4 Å². The van der Waals surface area contributed by atoms with Crippen LogP contribution in [0.1, 0.15) is 89.2 Å². The molecule has 0 unspecified atom stereocenters. The van der Waals surface area contributed by atoms with Crippen molar-refractivity contribution in [3.05, 3.63) is 76.7 Å². The second kappa shape index (κ2) is 13.6. The van der Waals surface area contributed by atoms with E-state index in [-0.39, 0.29) is 23.7 Å². The number of carbonyl (C=O) groups is 3. The molecule has 1 aliphatic rings. The molecule has 7 nitrogen and oxygen atoms in total. The highest BCUT2D eigenvalue weighted by Gasteiger charge is 2.36. The molecular weight excluding hydrogens is 572 g/mol. The number of anilines is 1. The molecule has 0 aliphatic carbocycles. The third kappa shape index (κ3) is 9.18. The number of Topliss-reactive ketones (excluding diaryl/α,β-unsaturated/α-hetero) is 1. The van der Waals surface area contributed by atoms with Crippen LogP contribution in [-0.2, 0) is 22.3 Å². The minimum atomic E-state index is -0.635. The number of piperidine rings is 1. The fourth-order valence-corrected chi connectivity index (χ4v) is 6.26. The van der Waals surface area contributed by atoms with Gasteiger partial charge in [-0.05, 0) is 106 Å². The zero-order chi connectivity index (χ0) is 32.1. The van der Waals surface area contributed by atoms with Gasteiger partial charge in [0.15, 0.2) is 5.78 Å². The average molecular weight is 619 g/mol. The first-order chi connectivity index (χ1) is 20.7. The third-order valence-corrected chi connectivity index (χ3v) is 8.90. The van der Waals surface area contributed by atoms with Crippen molar-refractivity contribution in [2.75, 3.05) is 18.4 Å². The molecule has 2 heterocycles. The summed E-state index contributed by atoms with van der Waals surface area (Å²) in [5.74, 6) is -0.0250. The highest BCUT2D eigenvalue weighted by atomic mass is 32.1. The van der Waals surface area contributed by atoms with E-state index in [1.807, 2.05) is 106 Å². The topological polar surface area (TPSA) is 84.9 Å². The van der Waals surface area contributed by atoms with E-state index >= 15 is 0 Å². The summed E-state index contributed by atoms with van der Waals surface area (Å²) in [6, 6.07) is 17.7. The van der Waals surface area contributed by atoms with Crippen molar-refractivity contribution in [2.45, 2.75) is 91.8 Å². The number of nitrogens with one attached hydrogen (secondary N) is 1. The number of nitrogens with zero attached hydrogens (tertiary/aromatic N) is 1. The van der Waals surface area contributed by atoms with Gasteiger partial charge in [0.2, 0.25) is 0 Å². The first-order valence-corrected chi connectivity index (χ1v) is 16.3. The maximum absolute atomic E-state index is 13.5. The van der Waals surface area contributed by atoms with Crippen molar-refractivity contribution >= 4 is 35.0 Å².